The molecule has 0 aromatic rings. The summed E-state index contributed by atoms with van der Waals surface area (Å²) in [5.41, 5.74) is 0. The highest BCUT2D eigenvalue weighted by Gasteiger charge is 2.33. The minimum atomic E-state index is -2.48. The van der Waals surface area contributed by atoms with E-state index in [4.69, 9.17) is 0 Å². The molecule has 0 rings (SSSR count). The number of aliphatic hydroxyl groups is 1. The quantitative estimate of drug-likeness (QED) is 0.329. The molecule has 0 aliphatic rings. The lowest BCUT2D eigenvalue weighted by molar-refractivity contribution is -0.116. The predicted octanol–water partition coefficient (Wildman–Crippen LogP) is -0.562. The van der Waals surface area contributed by atoms with Crippen molar-refractivity contribution in [2.45, 2.75) is 0 Å². The fourth-order valence-corrected chi connectivity index (χ4v) is 1.91. The Morgan fingerprint density at radius 1 is 1.23 bits per heavy atom. The van der Waals surface area contributed by atoms with Crippen molar-refractivity contribution in [3.05, 3.63) is 10.8 Å². The zero-order valence-electron chi connectivity index (χ0n) is 8.17. The summed E-state index contributed by atoms with van der Waals surface area (Å²) in [5.74, 6) is -0.892. The number of carbonyl (C=O) groups excluding carboxylic acids is 1. The third kappa shape index (κ3) is 3.06. The van der Waals surface area contributed by atoms with Gasteiger partial charge in [0.15, 0.2) is 0 Å². The Morgan fingerprint density at radius 2 is 1.69 bits per heavy atom. The third-order valence-corrected chi connectivity index (χ3v) is 2.74. The van der Waals surface area contributed by atoms with E-state index in [1.165, 1.54) is 26.6 Å². The zero-order valence-corrected chi connectivity index (χ0v) is 8.99. The molecule has 1 amide bonds. The molecule has 76 valence electrons. The molecular formula is C7H15N2O3S+. The number of hydrogen-bond acceptors (Lipinski definition) is 4. The van der Waals surface area contributed by atoms with E-state index in [2.05, 4.69) is 10.6 Å². The predicted molar refractivity (Wildman–Crippen MR) is 52.7 cm³/mol. The zero-order chi connectivity index (χ0) is 10.6. The monoisotopic (exact) mass is 207 g/mol. The summed E-state index contributed by atoms with van der Waals surface area (Å²) in [5, 5.41) is 14.0. The number of hydrogen-bond donors (Lipinski definition) is 3. The van der Waals surface area contributed by atoms with Crippen LogP contribution in [0.2, 0.25) is 0 Å². The van der Waals surface area contributed by atoms with Gasteiger partial charge in [0.05, 0.1) is 0 Å². The van der Waals surface area contributed by atoms with E-state index >= 15 is 0 Å². The first-order chi connectivity index (χ1) is 5.84. The van der Waals surface area contributed by atoms with Gasteiger partial charge in [-0.15, -0.1) is 0 Å². The lowest BCUT2D eigenvalue weighted by Crippen LogP contribution is -2.30. The van der Waals surface area contributed by atoms with Crippen molar-refractivity contribution in [3.8, 4) is 0 Å². The smallest absolute Gasteiger partial charge is 0.304 e. The van der Waals surface area contributed by atoms with Gasteiger partial charge in [0.25, 0.3) is 4.91 Å². The Labute approximate surface area is 78.6 Å². The van der Waals surface area contributed by atoms with Crippen molar-refractivity contribution in [3.63, 3.8) is 0 Å². The van der Waals surface area contributed by atoms with Crippen LogP contribution in [0.25, 0.3) is 0 Å². The van der Waals surface area contributed by atoms with Gasteiger partial charge in [-0.2, -0.15) is 0 Å². The molecule has 0 heterocycles. The van der Waals surface area contributed by atoms with Crippen LogP contribution in [0.3, 0.4) is 0 Å². The number of carbonyl (C=O) groups is 1. The second kappa shape index (κ2) is 4.27. The first kappa shape index (κ1) is 12.0. The van der Waals surface area contributed by atoms with E-state index in [1.54, 1.807) is 0 Å². The Kier molecular flexibility index (Phi) is 3.93. The molecule has 0 fully saturated rings. The maximum absolute atomic E-state index is 11.6. The third-order valence-electron chi connectivity index (χ3n) is 1.38. The average molecular weight is 207 g/mol. The van der Waals surface area contributed by atoms with Crippen LogP contribution >= 0.6 is 0 Å². The molecule has 0 aliphatic carbocycles. The standard InChI is InChI=1S/C7H14N2O3S/c1-8-6(10)5(7(11)9-2)13(3,4)12/h1-4H3,(H2-,8,9,10,11,12)/p+1. The molecule has 0 saturated heterocycles. The van der Waals surface area contributed by atoms with Crippen molar-refractivity contribution >= 4 is 15.8 Å². The Hall–Kier alpha value is -1.04. The molecule has 3 N–H and O–H groups in total. The molecule has 0 bridgehead atoms. The van der Waals surface area contributed by atoms with E-state index in [9.17, 15) is 14.1 Å². The van der Waals surface area contributed by atoms with E-state index in [0.717, 1.165) is 0 Å². The molecule has 6 heteroatoms. The topological polar surface area (TPSA) is 78.4 Å². The number of amides is 1. The van der Waals surface area contributed by atoms with Gasteiger partial charge in [0.1, 0.15) is 22.4 Å². The molecule has 0 radical (unpaired) electrons. The summed E-state index contributed by atoms with van der Waals surface area (Å²) in [6, 6.07) is 0. The molecule has 0 atom stereocenters. The maximum atomic E-state index is 11.6. The molecule has 0 aromatic carbocycles. The van der Waals surface area contributed by atoms with Gasteiger partial charge in [-0.1, -0.05) is 4.21 Å². The van der Waals surface area contributed by atoms with Gasteiger partial charge in [0, 0.05) is 14.1 Å². The van der Waals surface area contributed by atoms with Gasteiger partial charge in [-0.3, -0.25) is 4.79 Å². The van der Waals surface area contributed by atoms with Crippen molar-refractivity contribution in [2.24, 2.45) is 0 Å². The average Bonchev–Trinajstić information content (AvgIpc) is 2.01. The minimum absolute atomic E-state index is 0.113. The summed E-state index contributed by atoms with van der Waals surface area (Å²) in [7, 11) is 0.379. The van der Waals surface area contributed by atoms with Crippen molar-refractivity contribution in [1.82, 2.24) is 10.6 Å². The van der Waals surface area contributed by atoms with Crippen LogP contribution in [0.5, 0.6) is 0 Å². The van der Waals surface area contributed by atoms with Crippen LogP contribution < -0.4 is 10.6 Å². The summed E-state index contributed by atoms with van der Waals surface area (Å²) in [6.07, 6.45) is 2.79. The van der Waals surface area contributed by atoms with E-state index in [1.807, 2.05) is 0 Å². The highest BCUT2D eigenvalue weighted by atomic mass is 32.2. The summed E-state index contributed by atoms with van der Waals surface area (Å²) in [6.45, 7) is 0. The maximum Gasteiger partial charge on any atom is 0.304 e. The SMILES string of the molecule is CNC(=O)/C(=C(\O)NC)[S+](C)(C)=O. The highest BCUT2D eigenvalue weighted by molar-refractivity contribution is 8.06. The van der Waals surface area contributed by atoms with Crippen LogP contribution in [-0.4, -0.2) is 37.6 Å². The van der Waals surface area contributed by atoms with Crippen molar-refractivity contribution in [1.29, 1.82) is 0 Å². The van der Waals surface area contributed by atoms with E-state index in [0.29, 0.717) is 0 Å². The lowest BCUT2D eigenvalue weighted by atomic mass is 10.5. The van der Waals surface area contributed by atoms with Gasteiger partial charge in [0.2, 0.25) is 5.88 Å². The largest absolute Gasteiger partial charge is 0.491 e. The Bertz CT molecular complexity index is 279. The first-order valence-electron chi connectivity index (χ1n) is 3.62. The molecule has 0 aromatic heterocycles. The van der Waals surface area contributed by atoms with Crippen LogP contribution in [0.1, 0.15) is 0 Å². The normalized spacial score (nSPS) is 13.2. The van der Waals surface area contributed by atoms with E-state index < -0.39 is 15.8 Å². The number of likely N-dealkylation sites (N-methyl/N-ethyl adjacent to an activating group) is 1. The molecule has 0 spiro atoms. The summed E-state index contributed by atoms with van der Waals surface area (Å²) < 4.78 is 11.6. The summed E-state index contributed by atoms with van der Waals surface area (Å²) >= 11 is 0. The van der Waals surface area contributed by atoms with Crippen LogP contribution in [0, 0.1) is 0 Å². The molecule has 0 aliphatic heterocycles. The second-order valence-corrected chi connectivity index (χ2v) is 5.61. The fraction of sp³-hybridized carbons (Fsp3) is 0.571. The van der Waals surface area contributed by atoms with E-state index in [-0.39, 0.29) is 10.8 Å². The molecule has 5 nitrogen and oxygen atoms in total. The van der Waals surface area contributed by atoms with Crippen molar-refractivity contribution < 1.29 is 14.1 Å². The van der Waals surface area contributed by atoms with Crippen LogP contribution in [0.4, 0.5) is 0 Å². The highest BCUT2D eigenvalue weighted by Crippen LogP contribution is 2.13. The molecule has 0 unspecified atom stereocenters. The Balaban J connectivity index is 5.24. The van der Waals surface area contributed by atoms with Gasteiger partial charge < -0.3 is 15.7 Å². The molecule has 13 heavy (non-hydrogen) atoms. The summed E-state index contributed by atoms with van der Waals surface area (Å²) in [4.78, 5) is 11.1. The number of aliphatic hydroxyl groups excluding tert-OH is 1. The Morgan fingerprint density at radius 3 is 1.92 bits per heavy atom. The van der Waals surface area contributed by atoms with Gasteiger partial charge in [-0.25, -0.2) is 0 Å². The first-order valence-corrected chi connectivity index (χ1v) is 5.99. The van der Waals surface area contributed by atoms with Gasteiger partial charge in [-0.05, 0) is 0 Å². The van der Waals surface area contributed by atoms with Crippen LogP contribution in [0.15, 0.2) is 10.8 Å². The minimum Gasteiger partial charge on any atom is -0.491 e. The van der Waals surface area contributed by atoms with Crippen LogP contribution in [-0.2, 0) is 18.9 Å². The molecule has 0 saturated carbocycles. The fourth-order valence-electron chi connectivity index (χ4n) is 0.791. The lowest BCUT2D eigenvalue weighted by Gasteiger charge is -2.06. The second-order valence-electron chi connectivity index (χ2n) is 2.74. The number of nitrogens with one attached hydrogen (secondary N) is 2. The molecular weight excluding hydrogens is 192 g/mol. The van der Waals surface area contributed by atoms with Crippen molar-refractivity contribution in [2.75, 3.05) is 26.6 Å². The number of rotatable bonds is 3. The van der Waals surface area contributed by atoms with Gasteiger partial charge >= 0.3 is 5.91 Å².